The number of rotatable bonds is 6. The molecule has 9 aromatic carbocycles. The lowest BCUT2D eigenvalue weighted by Gasteiger charge is -2.26. The zero-order chi connectivity index (χ0) is 38.2. The van der Waals surface area contributed by atoms with Gasteiger partial charge in [0.25, 0.3) is 0 Å². The second-order valence-corrected chi connectivity index (χ2v) is 14.9. The van der Waals surface area contributed by atoms with Crippen LogP contribution in [-0.4, -0.2) is 4.57 Å². The van der Waals surface area contributed by atoms with Crippen LogP contribution < -0.4 is 4.90 Å². The fraction of sp³-hybridized carbons (Fsp3) is 0. The van der Waals surface area contributed by atoms with Gasteiger partial charge in [0.1, 0.15) is 22.3 Å². The van der Waals surface area contributed by atoms with Gasteiger partial charge >= 0.3 is 0 Å². The topological polar surface area (TPSA) is 34.5 Å². The van der Waals surface area contributed by atoms with Crippen LogP contribution >= 0.6 is 0 Å². The van der Waals surface area contributed by atoms with Crippen LogP contribution in [0, 0.1) is 0 Å². The van der Waals surface area contributed by atoms with Gasteiger partial charge in [0.05, 0.1) is 5.52 Å². The highest BCUT2D eigenvalue weighted by atomic mass is 16.3. The molecule has 0 aliphatic carbocycles. The molecule has 58 heavy (non-hydrogen) atoms. The molecule has 0 unspecified atom stereocenters. The van der Waals surface area contributed by atoms with Crippen LogP contribution in [0.25, 0.3) is 93.6 Å². The second kappa shape index (κ2) is 12.9. The summed E-state index contributed by atoms with van der Waals surface area (Å²) in [7, 11) is 0. The van der Waals surface area contributed by atoms with E-state index in [2.05, 4.69) is 204 Å². The molecule has 0 fully saturated rings. The molecule has 0 saturated carbocycles. The van der Waals surface area contributed by atoms with Crippen LogP contribution in [0.3, 0.4) is 0 Å². The molecule has 3 aromatic heterocycles. The number of hydrogen-bond acceptors (Lipinski definition) is 3. The minimum Gasteiger partial charge on any atom is -0.456 e. The number of nitrogens with zero attached hydrogens (tertiary/aromatic N) is 2. The van der Waals surface area contributed by atoms with E-state index in [1.54, 1.807) is 0 Å². The fourth-order valence-electron chi connectivity index (χ4n) is 8.94. The normalized spacial score (nSPS) is 11.8. The summed E-state index contributed by atoms with van der Waals surface area (Å²) in [4.78, 5) is 2.34. The molecule has 12 rings (SSSR count). The standard InChI is InChI=1S/C54H34N2O2/c1-2-16-38(17-3-1)56-49-25-8-6-21-46(49)54-52(56)47-24-12-23-44(53(47)58-54)37-15-10-18-40(33-37)55(41-31-32-51-48(34-41)45-20-7-9-26-50(45)57-51)39-29-27-36(28-30-39)43-22-11-14-35-13-4-5-19-42(35)43/h1-34H. The molecule has 0 atom stereocenters. The molecule has 0 aliphatic rings. The zero-order valence-corrected chi connectivity index (χ0v) is 31.3. The van der Waals surface area contributed by atoms with Gasteiger partial charge in [-0.2, -0.15) is 0 Å². The van der Waals surface area contributed by atoms with Crippen molar-refractivity contribution in [3.63, 3.8) is 0 Å². The molecule has 0 spiro atoms. The Morgan fingerprint density at radius 1 is 0.362 bits per heavy atom. The molecule has 3 heterocycles. The highest BCUT2D eigenvalue weighted by Gasteiger charge is 2.22. The van der Waals surface area contributed by atoms with Crippen molar-refractivity contribution in [3.05, 3.63) is 206 Å². The summed E-state index contributed by atoms with van der Waals surface area (Å²) in [6, 6.07) is 73.1. The molecule has 12 aromatic rings. The lowest BCUT2D eigenvalue weighted by molar-refractivity contribution is 0.669. The molecule has 4 heteroatoms. The monoisotopic (exact) mass is 742 g/mol. The molecule has 4 nitrogen and oxygen atoms in total. The average molecular weight is 743 g/mol. The van der Waals surface area contributed by atoms with Crippen LogP contribution in [-0.2, 0) is 0 Å². The Morgan fingerprint density at radius 3 is 1.91 bits per heavy atom. The van der Waals surface area contributed by atoms with Gasteiger partial charge in [0.15, 0.2) is 5.58 Å². The molecule has 272 valence electrons. The third kappa shape index (κ3) is 5.02. The predicted octanol–water partition coefficient (Wildman–Crippen LogP) is 15.4. The minimum absolute atomic E-state index is 0.869. The Labute approximate surface area is 334 Å². The number of aromatic nitrogens is 1. The largest absolute Gasteiger partial charge is 0.456 e. The molecule has 0 amide bonds. The molecule has 0 N–H and O–H groups in total. The summed E-state index contributed by atoms with van der Waals surface area (Å²) in [6.07, 6.45) is 0. The maximum Gasteiger partial charge on any atom is 0.161 e. The average Bonchev–Trinajstić information content (AvgIpc) is 3.96. The summed E-state index contributed by atoms with van der Waals surface area (Å²) < 4.78 is 15.5. The first-order chi connectivity index (χ1) is 28.8. The van der Waals surface area contributed by atoms with E-state index in [-0.39, 0.29) is 0 Å². The van der Waals surface area contributed by atoms with Crippen molar-refractivity contribution in [1.82, 2.24) is 4.57 Å². The van der Waals surface area contributed by atoms with Gasteiger partial charge in [-0.05, 0) is 106 Å². The Bertz CT molecular complexity index is 3510. The predicted molar refractivity (Wildman–Crippen MR) is 241 cm³/mol. The van der Waals surface area contributed by atoms with Crippen molar-refractivity contribution in [3.8, 4) is 27.9 Å². The van der Waals surface area contributed by atoms with Crippen molar-refractivity contribution in [2.75, 3.05) is 4.90 Å². The van der Waals surface area contributed by atoms with Gasteiger partial charge in [-0.3, -0.25) is 0 Å². The highest BCUT2D eigenvalue weighted by Crippen LogP contribution is 2.44. The summed E-state index contributed by atoms with van der Waals surface area (Å²) in [5.41, 5.74) is 14.5. The lowest BCUT2D eigenvalue weighted by atomic mass is 9.98. The third-order valence-corrected chi connectivity index (χ3v) is 11.6. The van der Waals surface area contributed by atoms with Gasteiger partial charge in [-0.15, -0.1) is 0 Å². The van der Waals surface area contributed by atoms with E-state index < -0.39 is 0 Å². The molecule has 0 bridgehead atoms. The first-order valence-electron chi connectivity index (χ1n) is 19.7. The van der Waals surface area contributed by atoms with E-state index >= 15 is 0 Å². The zero-order valence-electron chi connectivity index (χ0n) is 31.3. The van der Waals surface area contributed by atoms with E-state index in [0.29, 0.717) is 0 Å². The number of furan rings is 2. The van der Waals surface area contributed by atoms with Crippen molar-refractivity contribution in [2.24, 2.45) is 0 Å². The smallest absolute Gasteiger partial charge is 0.161 e. The number of para-hydroxylation sites is 4. The van der Waals surface area contributed by atoms with Crippen molar-refractivity contribution >= 4 is 82.7 Å². The first kappa shape index (κ1) is 32.4. The number of benzene rings is 9. The van der Waals surface area contributed by atoms with Crippen LogP contribution in [0.4, 0.5) is 17.1 Å². The molecule has 0 aliphatic heterocycles. The van der Waals surface area contributed by atoms with E-state index in [0.717, 1.165) is 88.8 Å². The summed E-state index contributed by atoms with van der Waals surface area (Å²) in [5, 5.41) is 6.83. The molecule has 0 saturated heterocycles. The van der Waals surface area contributed by atoms with Crippen LogP contribution in [0.1, 0.15) is 0 Å². The van der Waals surface area contributed by atoms with Gasteiger partial charge in [-0.1, -0.05) is 127 Å². The third-order valence-electron chi connectivity index (χ3n) is 11.6. The summed E-state index contributed by atoms with van der Waals surface area (Å²) >= 11 is 0. The number of fused-ring (bicyclic) bond motifs is 9. The minimum atomic E-state index is 0.869. The Morgan fingerprint density at radius 2 is 1.02 bits per heavy atom. The van der Waals surface area contributed by atoms with Gasteiger partial charge in [0, 0.05) is 49.9 Å². The Balaban J connectivity index is 1.03. The Kier molecular flexibility index (Phi) is 7.20. The summed E-state index contributed by atoms with van der Waals surface area (Å²) in [6.45, 7) is 0. The van der Waals surface area contributed by atoms with E-state index in [9.17, 15) is 0 Å². The molecule has 0 radical (unpaired) electrons. The van der Waals surface area contributed by atoms with E-state index in [4.69, 9.17) is 8.83 Å². The summed E-state index contributed by atoms with van der Waals surface area (Å²) in [5.74, 6) is 0. The lowest BCUT2D eigenvalue weighted by Crippen LogP contribution is -2.10. The quantitative estimate of drug-likeness (QED) is 0.170. The van der Waals surface area contributed by atoms with Gasteiger partial charge in [-0.25, -0.2) is 0 Å². The SMILES string of the molecule is c1ccc(-n2c3ccccc3c3oc4c(-c5cccc(N(c6ccc(-c7cccc8ccccc78)cc6)c6ccc7oc8ccccc8c7c6)c5)cccc4c32)cc1. The number of hydrogen-bond donors (Lipinski definition) is 0. The Hall–Kier alpha value is -7.82. The highest BCUT2D eigenvalue weighted by molar-refractivity contribution is 6.18. The van der Waals surface area contributed by atoms with E-state index in [1.807, 2.05) is 12.1 Å². The fourth-order valence-corrected chi connectivity index (χ4v) is 8.94. The van der Waals surface area contributed by atoms with Gasteiger partial charge in [0.2, 0.25) is 0 Å². The van der Waals surface area contributed by atoms with E-state index in [1.165, 1.54) is 21.9 Å². The maximum atomic E-state index is 6.94. The van der Waals surface area contributed by atoms with Crippen LogP contribution in [0.5, 0.6) is 0 Å². The van der Waals surface area contributed by atoms with Crippen LogP contribution in [0.2, 0.25) is 0 Å². The number of anilines is 3. The second-order valence-electron chi connectivity index (χ2n) is 14.9. The maximum absolute atomic E-state index is 6.94. The van der Waals surface area contributed by atoms with Crippen molar-refractivity contribution < 1.29 is 8.83 Å². The molecular weight excluding hydrogens is 709 g/mol. The first-order valence-corrected chi connectivity index (χ1v) is 19.7. The van der Waals surface area contributed by atoms with Crippen LogP contribution in [0.15, 0.2) is 215 Å². The van der Waals surface area contributed by atoms with Crippen molar-refractivity contribution in [2.45, 2.75) is 0 Å². The van der Waals surface area contributed by atoms with Gasteiger partial charge < -0.3 is 18.3 Å². The van der Waals surface area contributed by atoms with Crippen molar-refractivity contribution in [1.29, 1.82) is 0 Å². The molecular formula is C54H34N2O2.